The Morgan fingerprint density at radius 2 is 1.90 bits per heavy atom. The second-order valence-corrected chi connectivity index (χ2v) is 7.27. The Labute approximate surface area is 121 Å². The Morgan fingerprint density at radius 3 is 2.35 bits per heavy atom. The summed E-state index contributed by atoms with van der Waals surface area (Å²) in [7, 11) is 1.83. The van der Waals surface area contributed by atoms with Gasteiger partial charge in [-0.25, -0.2) is 0 Å². The molecule has 112 valence electrons. The molecule has 2 heterocycles. The maximum Gasteiger partial charge on any atom is 0.254 e. The number of hydrogen-bond donors (Lipinski definition) is 2. The molecular weight excluding hydrogens is 252 g/mol. The van der Waals surface area contributed by atoms with Gasteiger partial charge in [0.25, 0.3) is 5.91 Å². The van der Waals surface area contributed by atoms with Crippen LogP contribution >= 0.6 is 0 Å². The van der Waals surface area contributed by atoms with Crippen LogP contribution in [0.3, 0.4) is 0 Å². The van der Waals surface area contributed by atoms with Crippen molar-refractivity contribution in [1.82, 2.24) is 20.4 Å². The van der Waals surface area contributed by atoms with E-state index >= 15 is 0 Å². The zero-order valence-corrected chi connectivity index (χ0v) is 13.4. The molecule has 5 heteroatoms. The molecular formula is C15H26N4O. The minimum Gasteiger partial charge on any atom is -0.349 e. The number of amides is 1. The molecule has 0 saturated carbocycles. The second-order valence-electron chi connectivity index (χ2n) is 7.27. The van der Waals surface area contributed by atoms with Gasteiger partial charge >= 0.3 is 0 Å². The van der Waals surface area contributed by atoms with Crippen LogP contribution in [0.1, 0.15) is 56.6 Å². The van der Waals surface area contributed by atoms with Crippen molar-refractivity contribution >= 4 is 5.91 Å². The normalized spacial score (nSPS) is 21.7. The van der Waals surface area contributed by atoms with Crippen LogP contribution in [0.5, 0.6) is 0 Å². The Hall–Kier alpha value is -1.36. The molecule has 2 rings (SSSR count). The summed E-state index contributed by atoms with van der Waals surface area (Å²) in [6, 6.07) is 0.188. The quantitative estimate of drug-likeness (QED) is 0.867. The Balaban J connectivity index is 2.09. The van der Waals surface area contributed by atoms with Gasteiger partial charge in [0.2, 0.25) is 0 Å². The number of nitrogens with one attached hydrogen (secondary N) is 2. The van der Waals surface area contributed by atoms with Crippen molar-refractivity contribution in [3.8, 4) is 0 Å². The zero-order valence-electron chi connectivity index (χ0n) is 13.4. The summed E-state index contributed by atoms with van der Waals surface area (Å²) < 4.78 is 1.68. The van der Waals surface area contributed by atoms with Crippen LogP contribution in [0.25, 0.3) is 0 Å². The van der Waals surface area contributed by atoms with Crippen LogP contribution in [0.2, 0.25) is 0 Å². The van der Waals surface area contributed by atoms with E-state index in [4.69, 9.17) is 0 Å². The highest BCUT2D eigenvalue weighted by Gasteiger charge is 2.38. The molecule has 0 atom stereocenters. The predicted molar refractivity (Wildman–Crippen MR) is 79.7 cm³/mol. The second kappa shape index (κ2) is 4.88. The first-order valence-electron chi connectivity index (χ1n) is 7.18. The smallest absolute Gasteiger partial charge is 0.254 e. The van der Waals surface area contributed by atoms with Crippen LogP contribution in [0.4, 0.5) is 0 Å². The monoisotopic (exact) mass is 278 g/mol. The lowest BCUT2D eigenvalue weighted by atomic mass is 9.79. The van der Waals surface area contributed by atoms with Gasteiger partial charge in [-0.1, -0.05) is 0 Å². The summed E-state index contributed by atoms with van der Waals surface area (Å²) in [5.41, 5.74) is 1.51. The fourth-order valence-corrected chi connectivity index (χ4v) is 3.51. The first kappa shape index (κ1) is 15.0. The van der Waals surface area contributed by atoms with Crippen LogP contribution in [-0.4, -0.2) is 32.8 Å². The number of nitrogens with zero attached hydrogens (tertiary/aromatic N) is 2. The average molecular weight is 278 g/mol. The number of piperidine rings is 1. The Kier molecular flexibility index (Phi) is 3.67. The van der Waals surface area contributed by atoms with Gasteiger partial charge in [-0.2, -0.15) is 5.10 Å². The minimum absolute atomic E-state index is 0.0194. The summed E-state index contributed by atoms with van der Waals surface area (Å²) in [6.45, 7) is 10.6. The number of rotatable bonds is 2. The van der Waals surface area contributed by atoms with Crippen molar-refractivity contribution in [3.05, 3.63) is 17.5 Å². The number of hydrogen-bond acceptors (Lipinski definition) is 3. The largest absolute Gasteiger partial charge is 0.349 e. The van der Waals surface area contributed by atoms with E-state index in [2.05, 4.69) is 43.4 Å². The number of carbonyl (C=O) groups is 1. The van der Waals surface area contributed by atoms with Gasteiger partial charge < -0.3 is 10.6 Å². The molecule has 2 N–H and O–H groups in total. The molecule has 0 unspecified atom stereocenters. The summed E-state index contributed by atoms with van der Waals surface area (Å²) in [6.07, 6.45) is 3.64. The van der Waals surface area contributed by atoms with Crippen molar-refractivity contribution in [3.63, 3.8) is 0 Å². The maximum absolute atomic E-state index is 12.4. The van der Waals surface area contributed by atoms with E-state index in [0.29, 0.717) is 5.56 Å². The van der Waals surface area contributed by atoms with Gasteiger partial charge in [0.05, 0.1) is 11.3 Å². The highest BCUT2D eigenvalue weighted by atomic mass is 16.1. The summed E-state index contributed by atoms with van der Waals surface area (Å²) in [5, 5.41) is 11.0. The lowest BCUT2D eigenvalue weighted by Gasteiger charge is -2.46. The lowest BCUT2D eigenvalue weighted by molar-refractivity contribution is 0.0872. The SMILES string of the molecule is Cc1nn(C)cc1C(=O)NC1CC(C)(C)NC(C)(C)C1. The third-order valence-electron chi connectivity index (χ3n) is 3.78. The van der Waals surface area contributed by atoms with E-state index in [1.54, 1.807) is 10.9 Å². The Morgan fingerprint density at radius 1 is 1.35 bits per heavy atom. The van der Waals surface area contributed by atoms with Crippen molar-refractivity contribution in [2.45, 2.75) is 64.6 Å². The molecule has 1 fully saturated rings. The molecule has 1 aliphatic rings. The molecule has 1 saturated heterocycles. The van der Waals surface area contributed by atoms with Crippen LogP contribution < -0.4 is 10.6 Å². The number of aromatic nitrogens is 2. The minimum atomic E-state index is -0.0194. The highest BCUT2D eigenvalue weighted by Crippen LogP contribution is 2.28. The third kappa shape index (κ3) is 3.39. The van der Waals surface area contributed by atoms with Gasteiger partial charge in [0, 0.05) is 30.4 Å². The van der Waals surface area contributed by atoms with Gasteiger partial charge in [-0.05, 0) is 47.5 Å². The first-order chi connectivity index (χ1) is 9.08. The summed E-state index contributed by atoms with van der Waals surface area (Å²) in [4.78, 5) is 12.4. The molecule has 1 aromatic rings. The lowest BCUT2D eigenvalue weighted by Crippen LogP contribution is -2.62. The van der Waals surface area contributed by atoms with Gasteiger partial charge in [0.1, 0.15) is 0 Å². The summed E-state index contributed by atoms with van der Waals surface area (Å²) >= 11 is 0. The van der Waals surface area contributed by atoms with E-state index in [1.807, 2.05) is 14.0 Å². The first-order valence-corrected chi connectivity index (χ1v) is 7.18. The van der Waals surface area contributed by atoms with E-state index < -0.39 is 0 Å². The molecule has 20 heavy (non-hydrogen) atoms. The number of carbonyl (C=O) groups excluding carboxylic acids is 1. The molecule has 1 aromatic heterocycles. The molecule has 0 aromatic carbocycles. The van der Waals surface area contributed by atoms with Gasteiger partial charge in [0.15, 0.2) is 0 Å². The van der Waals surface area contributed by atoms with E-state index in [-0.39, 0.29) is 23.0 Å². The Bertz CT molecular complexity index is 500. The topological polar surface area (TPSA) is 59.0 Å². The summed E-state index contributed by atoms with van der Waals surface area (Å²) in [5.74, 6) is -0.0194. The van der Waals surface area contributed by atoms with E-state index in [9.17, 15) is 4.79 Å². The van der Waals surface area contributed by atoms with Gasteiger partial charge in [-0.3, -0.25) is 9.48 Å². The molecule has 5 nitrogen and oxygen atoms in total. The van der Waals surface area contributed by atoms with E-state index in [0.717, 1.165) is 18.5 Å². The predicted octanol–water partition coefficient (Wildman–Crippen LogP) is 1.77. The van der Waals surface area contributed by atoms with Gasteiger partial charge in [-0.15, -0.1) is 0 Å². The molecule has 0 radical (unpaired) electrons. The third-order valence-corrected chi connectivity index (χ3v) is 3.78. The van der Waals surface area contributed by atoms with Crippen molar-refractivity contribution in [1.29, 1.82) is 0 Å². The highest BCUT2D eigenvalue weighted by molar-refractivity contribution is 5.95. The van der Waals surface area contributed by atoms with Crippen molar-refractivity contribution in [2.24, 2.45) is 7.05 Å². The molecule has 0 spiro atoms. The molecule has 1 amide bonds. The molecule has 0 bridgehead atoms. The average Bonchev–Trinajstić information content (AvgIpc) is 2.52. The standard InChI is InChI=1S/C15H26N4O/c1-10-12(9-19(6)17-10)13(20)16-11-7-14(2,3)18-15(4,5)8-11/h9,11,18H,7-8H2,1-6H3,(H,16,20). The molecule has 1 aliphatic heterocycles. The van der Waals surface area contributed by atoms with Crippen molar-refractivity contribution < 1.29 is 4.79 Å². The maximum atomic E-state index is 12.4. The fraction of sp³-hybridized carbons (Fsp3) is 0.733. The van der Waals surface area contributed by atoms with Crippen molar-refractivity contribution in [2.75, 3.05) is 0 Å². The van der Waals surface area contributed by atoms with Crippen LogP contribution in [0.15, 0.2) is 6.20 Å². The zero-order chi connectivity index (χ0) is 15.1. The fourth-order valence-electron chi connectivity index (χ4n) is 3.51. The number of aryl methyl sites for hydroxylation is 2. The van der Waals surface area contributed by atoms with Crippen LogP contribution in [0, 0.1) is 6.92 Å². The van der Waals surface area contributed by atoms with Crippen LogP contribution in [-0.2, 0) is 7.05 Å². The molecule has 0 aliphatic carbocycles. The van der Waals surface area contributed by atoms with E-state index in [1.165, 1.54) is 0 Å².